The highest BCUT2D eigenvalue weighted by atomic mass is 32.1. The molecule has 1 heterocycles. The van der Waals surface area contributed by atoms with Crippen LogP contribution in [-0.2, 0) is 0 Å². The third-order valence-electron chi connectivity index (χ3n) is 1.54. The molecule has 0 bridgehead atoms. The summed E-state index contributed by atoms with van der Waals surface area (Å²) in [6, 6.07) is 3.63. The molecule has 0 aromatic carbocycles. The van der Waals surface area contributed by atoms with Gasteiger partial charge >= 0.3 is 0 Å². The van der Waals surface area contributed by atoms with Gasteiger partial charge in [0.2, 0.25) is 5.88 Å². The normalized spacial score (nSPS) is 9.29. The summed E-state index contributed by atoms with van der Waals surface area (Å²) in [4.78, 5) is 4.04. The van der Waals surface area contributed by atoms with Crippen molar-refractivity contribution >= 4 is 23.0 Å². The summed E-state index contributed by atoms with van der Waals surface area (Å²) in [5, 5.41) is 6.58. The standard InChI is InChI=1S/C9H13N3OS/c1-3-10-9(14)12-7-4-5-8(13-2)11-6-7/h4-6H,3H2,1-2H3,(H2,10,12,14). The molecule has 1 aromatic heterocycles. The predicted octanol–water partition coefficient (Wildman–Crippen LogP) is 1.40. The summed E-state index contributed by atoms with van der Waals surface area (Å²) in [5.41, 5.74) is 0.844. The van der Waals surface area contributed by atoms with Gasteiger partial charge in [-0.1, -0.05) is 0 Å². The predicted molar refractivity (Wildman–Crippen MR) is 60.7 cm³/mol. The molecule has 2 N–H and O–H groups in total. The van der Waals surface area contributed by atoms with Crippen LogP contribution in [0.1, 0.15) is 6.92 Å². The lowest BCUT2D eigenvalue weighted by molar-refractivity contribution is 0.398. The smallest absolute Gasteiger partial charge is 0.213 e. The first-order valence-corrected chi connectivity index (χ1v) is 4.72. The van der Waals surface area contributed by atoms with Crippen LogP contribution in [0.3, 0.4) is 0 Å². The summed E-state index contributed by atoms with van der Waals surface area (Å²) >= 11 is 5.02. The van der Waals surface area contributed by atoms with Crippen molar-refractivity contribution in [3.63, 3.8) is 0 Å². The van der Waals surface area contributed by atoms with Gasteiger partial charge in [0.15, 0.2) is 5.11 Å². The average molecular weight is 211 g/mol. The molecule has 0 unspecified atom stereocenters. The second kappa shape index (κ2) is 5.39. The van der Waals surface area contributed by atoms with Crippen molar-refractivity contribution in [1.29, 1.82) is 0 Å². The highest BCUT2D eigenvalue weighted by Gasteiger charge is 1.96. The van der Waals surface area contributed by atoms with E-state index in [0.29, 0.717) is 11.0 Å². The zero-order valence-corrected chi connectivity index (χ0v) is 9.02. The van der Waals surface area contributed by atoms with Gasteiger partial charge in [0, 0.05) is 12.6 Å². The maximum atomic E-state index is 5.02. The van der Waals surface area contributed by atoms with E-state index in [9.17, 15) is 0 Å². The fraction of sp³-hybridized carbons (Fsp3) is 0.333. The molecule has 0 radical (unpaired) electrons. The molecule has 76 valence electrons. The number of ether oxygens (including phenoxy) is 1. The summed E-state index contributed by atoms with van der Waals surface area (Å²) in [6.45, 7) is 2.79. The van der Waals surface area contributed by atoms with Crippen LogP contribution in [0.15, 0.2) is 18.3 Å². The highest BCUT2D eigenvalue weighted by molar-refractivity contribution is 7.80. The van der Waals surface area contributed by atoms with E-state index < -0.39 is 0 Å². The van der Waals surface area contributed by atoms with Crippen LogP contribution in [0.5, 0.6) is 5.88 Å². The number of thiocarbonyl (C=S) groups is 1. The van der Waals surface area contributed by atoms with Crippen LogP contribution in [0.4, 0.5) is 5.69 Å². The van der Waals surface area contributed by atoms with E-state index in [2.05, 4.69) is 15.6 Å². The van der Waals surface area contributed by atoms with Crippen LogP contribution in [0.2, 0.25) is 0 Å². The third kappa shape index (κ3) is 3.18. The Labute approximate surface area is 88.7 Å². The minimum atomic E-state index is 0.588. The number of pyridine rings is 1. The molecule has 14 heavy (non-hydrogen) atoms. The largest absolute Gasteiger partial charge is 0.481 e. The van der Waals surface area contributed by atoms with Crippen LogP contribution in [-0.4, -0.2) is 23.8 Å². The molecular weight excluding hydrogens is 198 g/mol. The van der Waals surface area contributed by atoms with Crippen LogP contribution >= 0.6 is 12.2 Å². The van der Waals surface area contributed by atoms with Crippen molar-refractivity contribution in [2.45, 2.75) is 6.92 Å². The Morgan fingerprint density at radius 3 is 2.86 bits per heavy atom. The molecule has 0 atom stereocenters. The topological polar surface area (TPSA) is 46.2 Å². The van der Waals surface area contributed by atoms with Gasteiger partial charge in [-0.3, -0.25) is 0 Å². The van der Waals surface area contributed by atoms with E-state index in [4.69, 9.17) is 17.0 Å². The first kappa shape index (κ1) is 10.7. The second-order valence-electron chi connectivity index (χ2n) is 2.57. The maximum absolute atomic E-state index is 5.02. The Bertz CT molecular complexity index is 299. The quantitative estimate of drug-likeness (QED) is 0.740. The monoisotopic (exact) mass is 211 g/mol. The van der Waals surface area contributed by atoms with Gasteiger partial charge in [0.1, 0.15) is 0 Å². The number of hydrogen-bond acceptors (Lipinski definition) is 3. The number of nitrogens with one attached hydrogen (secondary N) is 2. The molecule has 0 saturated heterocycles. The average Bonchev–Trinajstić information content (AvgIpc) is 2.19. The van der Waals surface area contributed by atoms with Crippen molar-refractivity contribution in [1.82, 2.24) is 10.3 Å². The molecular formula is C9H13N3OS. The number of rotatable bonds is 3. The number of methoxy groups -OCH3 is 1. The van der Waals surface area contributed by atoms with Crippen molar-refractivity contribution in [2.75, 3.05) is 19.0 Å². The van der Waals surface area contributed by atoms with E-state index in [1.807, 2.05) is 13.0 Å². The first-order valence-electron chi connectivity index (χ1n) is 4.31. The minimum Gasteiger partial charge on any atom is -0.481 e. The van der Waals surface area contributed by atoms with Crippen LogP contribution in [0.25, 0.3) is 0 Å². The molecule has 0 aliphatic heterocycles. The Morgan fingerprint density at radius 1 is 1.57 bits per heavy atom. The molecule has 0 aliphatic carbocycles. The summed E-state index contributed by atoms with van der Waals surface area (Å²) < 4.78 is 4.93. The number of hydrogen-bond donors (Lipinski definition) is 2. The highest BCUT2D eigenvalue weighted by Crippen LogP contribution is 2.10. The van der Waals surface area contributed by atoms with Crippen molar-refractivity contribution in [3.05, 3.63) is 18.3 Å². The molecule has 5 heteroatoms. The minimum absolute atomic E-state index is 0.588. The Morgan fingerprint density at radius 2 is 2.36 bits per heavy atom. The van der Waals surface area contributed by atoms with Crippen molar-refractivity contribution in [2.24, 2.45) is 0 Å². The van der Waals surface area contributed by atoms with Crippen molar-refractivity contribution < 1.29 is 4.74 Å². The van der Waals surface area contributed by atoms with Gasteiger partial charge < -0.3 is 15.4 Å². The fourth-order valence-electron chi connectivity index (χ4n) is 0.911. The van der Waals surface area contributed by atoms with Crippen LogP contribution < -0.4 is 15.4 Å². The number of aromatic nitrogens is 1. The Hall–Kier alpha value is -1.36. The van der Waals surface area contributed by atoms with Gasteiger partial charge in [0.05, 0.1) is 19.0 Å². The van der Waals surface area contributed by atoms with E-state index in [0.717, 1.165) is 12.2 Å². The van der Waals surface area contributed by atoms with E-state index >= 15 is 0 Å². The third-order valence-corrected chi connectivity index (χ3v) is 1.79. The van der Waals surface area contributed by atoms with Gasteiger partial charge in [-0.05, 0) is 25.2 Å². The van der Waals surface area contributed by atoms with Crippen molar-refractivity contribution in [3.8, 4) is 5.88 Å². The summed E-state index contributed by atoms with van der Waals surface area (Å²) in [5.74, 6) is 0.588. The summed E-state index contributed by atoms with van der Waals surface area (Å²) in [7, 11) is 1.58. The van der Waals surface area contributed by atoms with Gasteiger partial charge in [-0.25, -0.2) is 4.98 Å². The lowest BCUT2D eigenvalue weighted by Gasteiger charge is -2.08. The molecule has 1 aromatic rings. The zero-order chi connectivity index (χ0) is 10.4. The summed E-state index contributed by atoms with van der Waals surface area (Å²) in [6.07, 6.45) is 1.67. The second-order valence-corrected chi connectivity index (χ2v) is 2.98. The van der Waals surface area contributed by atoms with Crippen LogP contribution in [0, 0.1) is 0 Å². The molecule has 1 rings (SSSR count). The zero-order valence-electron chi connectivity index (χ0n) is 8.20. The molecule has 0 amide bonds. The van der Waals surface area contributed by atoms with E-state index in [1.165, 1.54) is 0 Å². The van der Waals surface area contributed by atoms with E-state index in [-0.39, 0.29) is 0 Å². The van der Waals surface area contributed by atoms with Gasteiger partial charge in [0.25, 0.3) is 0 Å². The number of nitrogens with zero attached hydrogens (tertiary/aromatic N) is 1. The maximum Gasteiger partial charge on any atom is 0.213 e. The number of anilines is 1. The lowest BCUT2D eigenvalue weighted by atomic mass is 10.4. The Kier molecular flexibility index (Phi) is 4.12. The molecule has 0 fully saturated rings. The van der Waals surface area contributed by atoms with Gasteiger partial charge in [-0.2, -0.15) is 0 Å². The molecule has 0 spiro atoms. The molecule has 0 saturated carbocycles. The molecule has 0 aliphatic rings. The van der Waals surface area contributed by atoms with Gasteiger partial charge in [-0.15, -0.1) is 0 Å². The molecule has 4 nitrogen and oxygen atoms in total. The Balaban J connectivity index is 2.55. The first-order chi connectivity index (χ1) is 6.76. The lowest BCUT2D eigenvalue weighted by Crippen LogP contribution is -2.27. The fourth-order valence-corrected chi connectivity index (χ4v) is 1.17. The van der Waals surface area contributed by atoms with E-state index in [1.54, 1.807) is 19.4 Å². The SMILES string of the molecule is CCNC(=S)Nc1ccc(OC)nc1.